The van der Waals surface area contributed by atoms with Gasteiger partial charge in [0.25, 0.3) is 15.9 Å². The van der Waals surface area contributed by atoms with Crippen LogP contribution in [0.25, 0.3) is 0 Å². The van der Waals surface area contributed by atoms with Crippen molar-refractivity contribution in [2.75, 3.05) is 0 Å². The van der Waals surface area contributed by atoms with Crippen molar-refractivity contribution in [3.05, 3.63) is 102 Å². The van der Waals surface area contributed by atoms with Gasteiger partial charge in [-0.1, -0.05) is 78.9 Å². The Bertz CT molecular complexity index is 1030. The largest absolute Gasteiger partial charge is 0.372 e. The highest BCUT2D eigenvalue weighted by atomic mass is 32.2. The molecule has 0 unspecified atom stereocenters. The second-order valence-corrected chi connectivity index (χ2v) is 7.92. The molecule has 0 aliphatic rings. The molecule has 0 aliphatic heterocycles. The fourth-order valence-corrected chi connectivity index (χ4v) is 3.99. The highest BCUT2D eigenvalue weighted by Gasteiger charge is 2.40. The lowest BCUT2D eigenvalue weighted by atomic mass is 9.86. The Morgan fingerprint density at radius 1 is 0.821 bits per heavy atom. The molecule has 0 aliphatic carbocycles. The molecule has 3 aromatic rings. The van der Waals surface area contributed by atoms with Crippen LogP contribution >= 0.6 is 0 Å². The summed E-state index contributed by atoms with van der Waals surface area (Å²) in [7, 11) is -4.00. The number of nitrogens with one attached hydrogen (secondary N) is 2. The summed E-state index contributed by atoms with van der Waals surface area (Å²) in [4.78, 5) is 15.1. The van der Waals surface area contributed by atoms with Crippen molar-refractivity contribution < 1.29 is 18.3 Å². The van der Waals surface area contributed by atoms with E-state index in [0.29, 0.717) is 16.7 Å². The molecule has 0 bridgehead atoms. The van der Waals surface area contributed by atoms with E-state index < -0.39 is 21.5 Å². The molecule has 0 fully saturated rings. The summed E-state index contributed by atoms with van der Waals surface area (Å²) >= 11 is 0. The Morgan fingerprint density at radius 2 is 1.29 bits per heavy atom. The predicted molar refractivity (Wildman–Crippen MR) is 106 cm³/mol. The van der Waals surface area contributed by atoms with Crippen LogP contribution in [0.2, 0.25) is 0 Å². The molecule has 3 aromatic carbocycles. The molecule has 3 rings (SSSR count). The van der Waals surface area contributed by atoms with E-state index in [1.54, 1.807) is 85.8 Å². The minimum absolute atomic E-state index is 0.0401. The highest BCUT2D eigenvalue weighted by molar-refractivity contribution is 7.89. The van der Waals surface area contributed by atoms with Gasteiger partial charge in [-0.2, -0.15) is 0 Å². The smallest absolute Gasteiger partial charge is 0.276 e. The van der Waals surface area contributed by atoms with Gasteiger partial charge in [0.1, 0.15) is 0 Å². The van der Waals surface area contributed by atoms with Crippen LogP contribution in [0.5, 0.6) is 0 Å². The molecular formula is C21H20N2O4S. The van der Waals surface area contributed by atoms with Crippen molar-refractivity contribution in [3.8, 4) is 0 Å². The predicted octanol–water partition coefficient (Wildman–Crippen LogP) is 2.24. The number of benzene rings is 3. The van der Waals surface area contributed by atoms with Gasteiger partial charge in [0.2, 0.25) is 0 Å². The number of aryl methyl sites for hydroxylation is 1. The topological polar surface area (TPSA) is 95.5 Å². The van der Waals surface area contributed by atoms with Crippen LogP contribution in [-0.4, -0.2) is 19.4 Å². The number of hydrogen-bond donors (Lipinski definition) is 3. The first kappa shape index (κ1) is 19.8. The molecule has 0 heterocycles. The van der Waals surface area contributed by atoms with Gasteiger partial charge in [-0.05, 0) is 29.7 Å². The van der Waals surface area contributed by atoms with Gasteiger partial charge in [0, 0.05) is 0 Å². The SMILES string of the molecule is Cc1ccccc1S(=O)(=O)NNC(=O)C(O)(c1ccccc1)c1ccccc1. The van der Waals surface area contributed by atoms with Crippen LogP contribution < -0.4 is 10.3 Å². The van der Waals surface area contributed by atoms with Gasteiger partial charge in [0.05, 0.1) is 4.90 Å². The van der Waals surface area contributed by atoms with Crippen molar-refractivity contribution in [3.63, 3.8) is 0 Å². The Balaban J connectivity index is 1.92. The molecule has 28 heavy (non-hydrogen) atoms. The van der Waals surface area contributed by atoms with Crippen LogP contribution in [0.15, 0.2) is 89.8 Å². The van der Waals surface area contributed by atoms with E-state index in [4.69, 9.17) is 0 Å². The van der Waals surface area contributed by atoms with Crippen LogP contribution in [0, 0.1) is 6.92 Å². The summed E-state index contributed by atoms with van der Waals surface area (Å²) in [6.07, 6.45) is 0. The third-order valence-corrected chi connectivity index (χ3v) is 5.80. The first-order chi connectivity index (χ1) is 13.4. The fraction of sp³-hybridized carbons (Fsp3) is 0.0952. The summed E-state index contributed by atoms with van der Waals surface area (Å²) < 4.78 is 25.1. The number of carbonyl (C=O) groups excluding carboxylic acids is 1. The number of carbonyl (C=O) groups is 1. The van der Waals surface area contributed by atoms with Crippen molar-refractivity contribution in [1.82, 2.24) is 10.3 Å². The molecule has 0 radical (unpaired) electrons. The van der Waals surface area contributed by atoms with E-state index >= 15 is 0 Å². The average Bonchev–Trinajstić information content (AvgIpc) is 2.73. The zero-order valence-electron chi connectivity index (χ0n) is 15.2. The van der Waals surface area contributed by atoms with Crippen LogP contribution in [-0.2, 0) is 20.4 Å². The third-order valence-electron chi connectivity index (χ3n) is 4.39. The molecule has 3 N–H and O–H groups in total. The Morgan fingerprint density at radius 3 is 1.79 bits per heavy atom. The lowest BCUT2D eigenvalue weighted by Gasteiger charge is -2.28. The molecule has 0 saturated heterocycles. The van der Waals surface area contributed by atoms with Gasteiger partial charge < -0.3 is 5.11 Å². The quantitative estimate of drug-likeness (QED) is 0.557. The molecule has 0 saturated carbocycles. The molecule has 0 atom stereocenters. The number of aliphatic hydroxyl groups is 1. The standard InChI is InChI=1S/C21H20N2O4S/c1-16-10-8-9-15-19(16)28(26,27)23-22-20(24)21(25,17-11-4-2-5-12-17)18-13-6-3-7-14-18/h2-15,23,25H,1H3,(H,22,24). The van der Waals surface area contributed by atoms with Crippen LogP contribution in [0.4, 0.5) is 0 Å². The van der Waals surface area contributed by atoms with Crippen molar-refractivity contribution >= 4 is 15.9 Å². The zero-order chi connectivity index (χ0) is 20.2. The maximum atomic E-state index is 12.9. The van der Waals surface area contributed by atoms with Crippen LogP contribution in [0.3, 0.4) is 0 Å². The second-order valence-electron chi connectivity index (χ2n) is 6.27. The number of rotatable bonds is 6. The van der Waals surface area contributed by atoms with E-state index in [1.807, 2.05) is 0 Å². The van der Waals surface area contributed by atoms with E-state index in [2.05, 4.69) is 10.3 Å². The summed E-state index contributed by atoms with van der Waals surface area (Å²) in [6, 6.07) is 23.1. The number of hydrogen-bond acceptors (Lipinski definition) is 4. The fourth-order valence-electron chi connectivity index (χ4n) is 2.90. The Labute approximate surface area is 163 Å². The van der Waals surface area contributed by atoms with Crippen molar-refractivity contribution in [1.29, 1.82) is 0 Å². The van der Waals surface area contributed by atoms with Crippen molar-refractivity contribution in [2.45, 2.75) is 17.4 Å². The van der Waals surface area contributed by atoms with Crippen LogP contribution in [0.1, 0.15) is 16.7 Å². The monoisotopic (exact) mass is 396 g/mol. The van der Waals surface area contributed by atoms with Gasteiger partial charge in [0.15, 0.2) is 5.60 Å². The van der Waals surface area contributed by atoms with E-state index in [9.17, 15) is 18.3 Å². The minimum atomic E-state index is -4.00. The average molecular weight is 396 g/mol. The first-order valence-corrected chi connectivity index (χ1v) is 10.1. The van der Waals surface area contributed by atoms with Crippen molar-refractivity contribution in [2.24, 2.45) is 0 Å². The Kier molecular flexibility index (Phi) is 5.60. The number of amides is 1. The molecule has 0 spiro atoms. The van der Waals surface area contributed by atoms with E-state index in [-0.39, 0.29) is 4.90 Å². The molecular weight excluding hydrogens is 376 g/mol. The summed E-state index contributed by atoms with van der Waals surface area (Å²) in [5, 5.41) is 11.3. The molecule has 1 amide bonds. The number of hydrazine groups is 1. The third kappa shape index (κ3) is 3.82. The minimum Gasteiger partial charge on any atom is -0.372 e. The number of sulfonamides is 1. The molecule has 144 valence electrons. The van der Waals surface area contributed by atoms with Gasteiger partial charge in [-0.3, -0.25) is 10.2 Å². The highest BCUT2D eigenvalue weighted by Crippen LogP contribution is 2.29. The summed E-state index contributed by atoms with van der Waals surface area (Å²) in [6.45, 7) is 1.65. The maximum Gasteiger partial charge on any atom is 0.276 e. The Hall–Kier alpha value is -3.00. The lowest BCUT2D eigenvalue weighted by molar-refractivity contribution is -0.137. The normalized spacial score (nSPS) is 11.8. The first-order valence-electron chi connectivity index (χ1n) is 8.57. The van der Waals surface area contributed by atoms with E-state index in [1.165, 1.54) is 6.07 Å². The van der Waals surface area contributed by atoms with E-state index in [0.717, 1.165) is 0 Å². The molecule has 6 nitrogen and oxygen atoms in total. The molecule has 0 aromatic heterocycles. The molecule has 7 heteroatoms. The maximum absolute atomic E-state index is 12.9. The zero-order valence-corrected chi connectivity index (χ0v) is 16.0. The summed E-state index contributed by atoms with van der Waals surface area (Å²) in [5.41, 5.74) is 1.25. The summed E-state index contributed by atoms with van der Waals surface area (Å²) in [5.74, 6) is -0.915. The van der Waals surface area contributed by atoms with Gasteiger partial charge >= 0.3 is 0 Å². The van der Waals surface area contributed by atoms with Gasteiger partial charge in [-0.15, -0.1) is 4.83 Å². The second kappa shape index (κ2) is 7.93. The lowest BCUT2D eigenvalue weighted by Crippen LogP contribution is -2.52. The van der Waals surface area contributed by atoms with Gasteiger partial charge in [-0.25, -0.2) is 8.42 Å².